The second kappa shape index (κ2) is 7.17. The Morgan fingerprint density at radius 3 is 2.50 bits per heavy atom. The molecule has 1 atom stereocenters. The Labute approximate surface area is 133 Å². The van der Waals surface area contributed by atoms with Crippen LogP contribution in [0.5, 0.6) is 0 Å². The van der Waals surface area contributed by atoms with Gasteiger partial charge in [-0.25, -0.2) is 5.90 Å². The summed E-state index contributed by atoms with van der Waals surface area (Å²) in [5, 5.41) is 3.02. The molecule has 0 aromatic heterocycles. The van der Waals surface area contributed by atoms with E-state index >= 15 is 0 Å². The SMILES string of the molecule is CC(ON)C(=O)Nc1ccc(Cl)cc1C(=O)c1ccccc1. The number of carbonyl (C=O) groups excluding carboxylic acids is 2. The summed E-state index contributed by atoms with van der Waals surface area (Å²) in [7, 11) is 0. The minimum absolute atomic E-state index is 0.236. The summed E-state index contributed by atoms with van der Waals surface area (Å²) in [5.41, 5.74) is 1.16. The molecule has 6 heteroatoms. The molecule has 0 heterocycles. The van der Waals surface area contributed by atoms with Crippen molar-refractivity contribution in [2.45, 2.75) is 13.0 Å². The van der Waals surface area contributed by atoms with E-state index in [0.29, 0.717) is 21.8 Å². The highest BCUT2D eigenvalue weighted by Gasteiger charge is 2.18. The first-order valence-corrected chi connectivity index (χ1v) is 6.96. The zero-order valence-corrected chi connectivity index (χ0v) is 12.6. The lowest BCUT2D eigenvalue weighted by atomic mass is 10.0. The lowest BCUT2D eigenvalue weighted by Gasteiger charge is -2.13. The lowest BCUT2D eigenvalue weighted by Crippen LogP contribution is -2.30. The van der Waals surface area contributed by atoms with Crippen LogP contribution in [0.25, 0.3) is 0 Å². The Kier molecular flexibility index (Phi) is 5.27. The van der Waals surface area contributed by atoms with Crippen molar-refractivity contribution in [3.8, 4) is 0 Å². The van der Waals surface area contributed by atoms with E-state index in [4.69, 9.17) is 17.5 Å². The number of amides is 1. The average molecular weight is 319 g/mol. The molecule has 0 saturated carbocycles. The van der Waals surface area contributed by atoms with Crippen LogP contribution in [-0.2, 0) is 9.63 Å². The van der Waals surface area contributed by atoms with Gasteiger partial charge in [0.15, 0.2) is 11.9 Å². The lowest BCUT2D eigenvalue weighted by molar-refractivity contribution is -0.126. The molecule has 0 aliphatic rings. The molecule has 1 amide bonds. The highest BCUT2D eigenvalue weighted by Crippen LogP contribution is 2.24. The first-order valence-electron chi connectivity index (χ1n) is 6.58. The summed E-state index contributed by atoms with van der Waals surface area (Å²) in [5.74, 6) is 4.30. The van der Waals surface area contributed by atoms with Crippen molar-refractivity contribution in [2.75, 3.05) is 5.32 Å². The summed E-state index contributed by atoms with van der Waals surface area (Å²) >= 11 is 5.97. The first kappa shape index (κ1) is 16.2. The summed E-state index contributed by atoms with van der Waals surface area (Å²) < 4.78 is 0. The van der Waals surface area contributed by atoms with E-state index in [2.05, 4.69) is 10.2 Å². The second-order valence-electron chi connectivity index (χ2n) is 4.65. The fourth-order valence-electron chi connectivity index (χ4n) is 1.85. The fraction of sp³-hybridized carbons (Fsp3) is 0.125. The van der Waals surface area contributed by atoms with Crippen LogP contribution in [0.2, 0.25) is 5.02 Å². The fourth-order valence-corrected chi connectivity index (χ4v) is 2.03. The molecule has 114 valence electrons. The third-order valence-corrected chi connectivity index (χ3v) is 3.33. The van der Waals surface area contributed by atoms with Gasteiger partial charge in [-0.1, -0.05) is 41.9 Å². The zero-order chi connectivity index (χ0) is 16.1. The van der Waals surface area contributed by atoms with Crippen molar-refractivity contribution in [3.05, 3.63) is 64.7 Å². The topological polar surface area (TPSA) is 81.4 Å². The molecule has 1 unspecified atom stereocenters. The number of benzene rings is 2. The predicted molar refractivity (Wildman–Crippen MR) is 84.7 cm³/mol. The number of hydrogen-bond donors (Lipinski definition) is 2. The van der Waals surface area contributed by atoms with Crippen LogP contribution in [-0.4, -0.2) is 17.8 Å². The summed E-state index contributed by atoms with van der Waals surface area (Å²) in [6.45, 7) is 1.50. The minimum Gasteiger partial charge on any atom is -0.323 e. The third-order valence-electron chi connectivity index (χ3n) is 3.09. The normalized spacial score (nSPS) is 11.8. The van der Waals surface area contributed by atoms with E-state index in [1.54, 1.807) is 36.4 Å². The van der Waals surface area contributed by atoms with Gasteiger partial charge in [0.2, 0.25) is 0 Å². The third kappa shape index (κ3) is 3.71. The second-order valence-corrected chi connectivity index (χ2v) is 5.09. The van der Waals surface area contributed by atoms with E-state index in [0.717, 1.165) is 0 Å². The van der Waals surface area contributed by atoms with Gasteiger partial charge in [0.05, 0.1) is 5.69 Å². The maximum absolute atomic E-state index is 12.6. The minimum atomic E-state index is -0.838. The van der Waals surface area contributed by atoms with Gasteiger partial charge in [-0.15, -0.1) is 0 Å². The number of anilines is 1. The van der Waals surface area contributed by atoms with Crippen molar-refractivity contribution in [1.29, 1.82) is 0 Å². The van der Waals surface area contributed by atoms with Crippen LogP contribution in [0.4, 0.5) is 5.69 Å². The van der Waals surface area contributed by atoms with E-state index in [1.165, 1.54) is 13.0 Å². The summed E-state index contributed by atoms with van der Waals surface area (Å²) in [6, 6.07) is 13.4. The van der Waals surface area contributed by atoms with E-state index < -0.39 is 12.0 Å². The maximum Gasteiger partial charge on any atom is 0.255 e. The van der Waals surface area contributed by atoms with Gasteiger partial charge < -0.3 is 5.32 Å². The number of nitrogens with one attached hydrogen (secondary N) is 1. The molecule has 3 N–H and O–H groups in total. The molecule has 5 nitrogen and oxygen atoms in total. The Morgan fingerprint density at radius 2 is 1.86 bits per heavy atom. The number of nitrogens with two attached hydrogens (primary N) is 1. The molecule has 0 spiro atoms. The molecule has 2 aromatic rings. The molecule has 0 fully saturated rings. The molecule has 2 rings (SSSR count). The van der Waals surface area contributed by atoms with Crippen LogP contribution >= 0.6 is 11.6 Å². The predicted octanol–water partition coefficient (Wildman–Crippen LogP) is 2.79. The van der Waals surface area contributed by atoms with Gasteiger partial charge in [0.1, 0.15) is 0 Å². The van der Waals surface area contributed by atoms with Gasteiger partial charge in [0, 0.05) is 16.1 Å². The molecule has 0 radical (unpaired) electrons. The molecule has 2 aromatic carbocycles. The van der Waals surface area contributed by atoms with Crippen LogP contribution in [0, 0.1) is 0 Å². The first-order chi connectivity index (χ1) is 10.5. The van der Waals surface area contributed by atoms with Crippen LogP contribution in [0.15, 0.2) is 48.5 Å². The van der Waals surface area contributed by atoms with Crippen LogP contribution in [0.1, 0.15) is 22.8 Å². The molecular weight excluding hydrogens is 304 g/mol. The Morgan fingerprint density at radius 1 is 1.18 bits per heavy atom. The molecule has 0 saturated heterocycles. The van der Waals surface area contributed by atoms with Gasteiger partial charge >= 0.3 is 0 Å². The van der Waals surface area contributed by atoms with Crippen molar-refractivity contribution < 1.29 is 14.4 Å². The Hall–Kier alpha value is -2.21. The molecule has 22 heavy (non-hydrogen) atoms. The monoisotopic (exact) mass is 318 g/mol. The largest absolute Gasteiger partial charge is 0.323 e. The number of halogens is 1. The molecule has 0 aliphatic heterocycles. The standard InChI is InChI=1S/C16H15ClN2O3/c1-10(22-18)16(21)19-14-8-7-12(17)9-13(14)15(20)11-5-3-2-4-6-11/h2-10H,18H2,1H3,(H,19,21). The van der Waals surface area contributed by atoms with Crippen molar-refractivity contribution >= 4 is 29.0 Å². The molecule has 0 bridgehead atoms. The smallest absolute Gasteiger partial charge is 0.255 e. The highest BCUT2D eigenvalue weighted by atomic mass is 35.5. The van der Waals surface area contributed by atoms with Crippen molar-refractivity contribution in [2.24, 2.45) is 5.90 Å². The quantitative estimate of drug-likeness (QED) is 0.656. The van der Waals surface area contributed by atoms with Crippen LogP contribution in [0.3, 0.4) is 0 Å². The molecular formula is C16H15ClN2O3. The highest BCUT2D eigenvalue weighted by molar-refractivity contribution is 6.31. The van der Waals surface area contributed by atoms with Gasteiger partial charge in [-0.05, 0) is 25.1 Å². The maximum atomic E-state index is 12.6. The van der Waals surface area contributed by atoms with E-state index in [-0.39, 0.29) is 5.78 Å². The summed E-state index contributed by atoms with van der Waals surface area (Å²) in [4.78, 5) is 28.9. The number of carbonyl (C=O) groups is 2. The number of rotatable bonds is 5. The van der Waals surface area contributed by atoms with Crippen molar-refractivity contribution in [3.63, 3.8) is 0 Å². The summed E-state index contributed by atoms with van der Waals surface area (Å²) in [6.07, 6.45) is -0.838. The van der Waals surface area contributed by atoms with Gasteiger partial charge in [-0.3, -0.25) is 14.4 Å². The number of ketones is 1. The van der Waals surface area contributed by atoms with E-state index in [1.807, 2.05) is 6.07 Å². The molecule has 0 aliphatic carbocycles. The zero-order valence-electron chi connectivity index (χ0n) is 11.9. The Balaban J connectivity index is 2.36. The average Bonchev–Trinajstić information content (AvgIpc) is 2.55. The van der Waals surface area contributed by atoms with Gasteiger partial charge in [0.25, 0.3) is 5.91 Å². The van der Waals surface area contributed by atoms with Gasteiger partial charge in [-0.2, -0.15) is 0 Å². The Bertz CT molecular complexity index is 689. The number of hydrogen-bond acceptors (Lipinski definition) is 4. The van der Waals surface area contributed by atoms with Crippen LogP contribution < -0.4 is 11.2 Å². The van der Waals surface area contributed by atoms with E-state index in [9.17, 15) is 9.59 Å². The van der Waals surface area contributed by atoms with Crippen molar-refractivity contribution in [1.82, 2.24) is 0 Å².